The maximum Gasteiger partial charge on any atom is 0.417 e. The van der Waals surface area contributed by atoms with E-state index < -0.39 is 21.8 Å². The van der Waals surface area contributed by atoms with Crippen LogP contribution in [0, 0.1) is 5.92 Å². The van der Waals surface area contributed by atoms with Crippen LogP contribution in [-0.4, -0.2) is 38.9 Å². The molecule has 1 amide bonds. The van der Waals surface area contributed by atoms with Crippen molar-refractivity contribution in [2.45, 2.75) is 30.3 Å². The zero-order valence-corrected chi connectivity index (χ0v) is 17.4. The molecule has 31 heavy (non-hydrogen) atoms. The van der Waals surface area contributed by atoms with Gasteiger partial charge in [-0.25, -0.2) is 18.5 Å². The lowest BCUT2D eigenvalue weighted by molar-refractivity contribution is -0.137. The van der Waals surface area contributed by atoms with Gasteiger partial charge in [-0.15, -0.1) is 0 Å². The average Bonchev–Trinajstić information content (AvgIpc) is 2.73. The molecule has 0 spiro atoms. The molecule has 3 rings (SSSR count). The van der Waals surface area contributed by atoms with Gasteiger partial charge in [0.05, 0.1) is 10.5 Å². The van der Waals surface area contributed by atoms with Crippen LogP contribution in [0.2, 0.25) is 0 Å². The zero-order valence-electron chi connectivity index (χ0n) is 16.6. The molecule has 3 N–H and O–H groups in total. The summed E-state index contributed by atoms with van der Waals surface area (Å²) in [6, 6.07) is 8.53. The largest absolute Gasteiger partial charge is 0.417 e. The number of halogens is 3. The van der Waals surface area contributed by atoms with E-state index in [1.807, 2.05) is 4.90 Å². The fourth-order valence-electron chi connectivity index (χ4n) is 3.43. The van der Waals surface area contributed by atoms with Gasteiger partial charge in [0.15, 0.2) is 0 Å². The van der Waals surface area contributed by atoms with Crippen molar-refractivity contribution in [3.05, 3.63) is 53.7 Å². The third-order valence-corrected chi connectivity index (χ3v) is 6.16. The van der Waals surface area contributed by atoms with Crippen LogP contribution in [0.3, 0.4) is 0 Å². The number of hydrogen-bond donors (Lipinski definition) is 2. The first-order valence-electron chi connectivity index (χ1n) is 9.72. The molecule has 2 aromatic rings. The van der Waals surface area contributed by atoms with E-state index >= 15 is 0 Å². The SMILES string of the molecule is NS(=O)(=O)c1ccc(CCNC(=O)C2CCN(c3ccc(C(F)(F)F)cn3)CC2)cc1. The second-order valence-corrected chi connectivity index (χ2v) is 8.96. The minimum absolute atomic E-state index is 0.0366. The van der Waals surface area contributed by atoms with Gasteiger partial charge in [0.25, 0.3) is 0 Å². The molecular weight excluding hydrogens is 433 g/mol. The van der Waals surface area contributed by atoms with Crippen molar-refractivity contribution in [3.8, 4) is 0 Å². The Bertz CT molecular complexity index is 1000. The lowest BCUT2D eigenvalue weighted by Gasteiger charge is -2.32. The fraction of sp³-hybridized carbons (Fsp3) is 0.400. The number of aromatic nitrogens is 1. The number of primary sulfonamides is 1. The second-order valence-electron chi connectivity index (χ2n) is 7.39. The van der Waals surface area contributed by atoms with Crippen LogP contribution in [-0.2, 0) is 27.4 Å². The summed E-state index contributed by atoms with van der Waals surface area (Å²) in [6.45, 7) is 1.48. The van der Waals surface area contributed by atoms with Crippen LogP contribution < -0.4 is 15.4 Å². The second kappa shape index (κ2) is 9.23. The lowest BCUT2D eigenvalue weighted by atomic mass is 9.95. The first-order valence-corrected chi connectivity index (χ1v) is 11.3. The number of benzene rings is 1. The van der Waals surface area contributed by atoms with E-state index in [9.17, 15) is 26.4 Å². The molecule has 1 saturated heterocycles. The van der Waals surface area contributed by atoms with Gasteiger partial charge in [-0.1, -0.05) is 12.1 Å². The normalized spacial score (nSPS) is 15.7. The van der Waals surface area contributed by atoms with Gasteiger partial charge in [0, 0.05) is 31.7 Å². The number of nitrogens with one attached hydrogen (secondary N) is 1. The maximum absolute atomic E-state index is 12.6. The molecule has 0 radical (unpaired) electrons. The summed E-state index contributed by atoms with van der Waals surface area (Å²) in [5, 5.41) is 7.95. The summed E-state index contributed by atoms with van der Waals surface area (Å²) in [4.78, 5) is 18.2. The highest BCUT2D eigenvalue weighted by atomic mass is 32.2. The van der Waals surface area contributed by atoms with E-state index in [0.717, 1.165) is 17.8 Å². The maximum atomic E-state index is 12.6. The summed E-state index contributed by atoms with van der Waals surface area (Å²) in [6.07, 6.45) is -1.88. The number of amides is 1. The molecule has 0 unspecified atom stereocenters. The Balaban J connectivity index is 1.44. The Morgan fingerprint density at radius 3 is 2.29 bits per heavy atom. The molecule has 168 valence electrons. The number of sulfonamides is 1. The van der Waals surface area contributed by atoms with E-state index in [2.05, 4.69) is 10.3 Å². The minimum Gasteiger partial charge on any atom is -0.357 e. The molecular formula is C20H23F3N4O3S. The van der Waals surface area contributed by atoms with Gasteiger partial charge >= 0.3 is 6.18 Å². The van der Waals surface area contributed by atoms with Crippen LogP contribution >= 0.6 is 0 Å². The number of hydrogen-bond acceptors (Lipinski definition) is 5. The lowest BCUT2D eigenvalue weighted by Crippen LogP contribution is -2.41. The van der Waals surface area contributed by atoms with Crippen molar-refractivity contribution in [1.82, 2.24) is 10.3 Å². The number of nitrogens with two attached hydrogens (primary N) is 1. The number of nitrogens with zero attached hydrogens (tertiary/aromatic N) is 2. The van der Waals surface area contributed by atoms with E-state index in [-0.39, 0.29) is 16.7 Å². The van der Waals surface area contributed by atoms with Crippen molar-refractivity contribution in [3.63, 3.8) is 0 Å². The standard InChI is InChI=1S/C20H23F3N4O3S/c21-20(22,23)16-3-6-18(26-13-16)27-11-8-15(9-12-27)19(28)25-10-7-14-1-4-17(5-2-14)31(24,29)30/h1-6,13,15H,7-12H2,(H,25,28)(H2,24,29,30). The third kappa shape index (κ3) is 6.17. The predicted molar refractivity (Wildman–Crippen MR) is 109 cm³/mol. The average molecular weight is 456 g/mol. The summed E-state index contributed by atoms with van der Waals surface area (Å²) in [5.74, 6) is 0.228. The molecule has 1 aliphatic rings. The van der Waals surface area contributed by atoms with Crippen LogP contribution in [0.15, 0.2) is 47.5 Å². The zero-order chi connectivity index (χ0) is 22.6. The Kier molecular flexibility index (Phi) is 6.85. The number of pyridine rings is 1. The first-order chi connectivity index (χ1) is 14.5. The highest BCUT2D eigenvalue weighted by Crippen LogP contribution is 2.30. The Hall–Kier alpha value is -2.66. The third-order valence-electron chi connectivity index (χ3n) is 5.23. The highest BCUT2D eigenvalue weighted by Gasteiger charge is 2.31. The van der Waals surface area contributed by atoms with Crippen LogP contribution in [0.25, 0.3) is 0 Å². The topological polar surface area (TPSA) is 105 Å². The molecule has 0 aliphatic carbocycles. The molecule has 1 aliphatic heterocycles. The van der Waals surface area contributed by atoms with Crippen molar-refractivity contribution < 1.29 is 26.4 Å². The summed E-state index contributed by atoms with van der Waals surface area (Å²) >= 11 is 0. The Morgan fingerprint density at radius 1 is 1.13 bits per heavy atom. The van der Waals surface area contributed by atoms with E-state index in [1.165, 1.54) is 18.2 Å². The number of alkyl halides is 3. The monoisotopic (exact) mass is 456 g/mol. The number of carbonyl (C=O) groups excluding carboxylic acids is 1. The Labute approximate surface area is 178 Å². The molecule has 0 saturated carbocycles. The smallest absolute Gasteiger partial charge is 0.357 e. The van der Waals surface area contributed by atoms with Gasteiger partial charge < -0.3 is 10.2 Å². The van der Waals surface area contributed by atoms with Crippen LogP contribution in [0.4, 0.5) is 19.0 Å². The van der Waals surface area contributed by atoms with E-state index in [4.69, 9.17) is 5.14 Å². The van der Waals surface area contributed by atoms with Crippen LogP contribution in [0.5, 0.6) is 0 Å². The van der Waals surface area contributed by atoms with Crippen LogP contribution in [0.1, 0.15) is 24.0 Å². The molecule has 2 heterocycles. The summed E-state index contributed by atoms with van der Waals surface area (Å²) in [5.41, 5.74) is 0.0840. The van der Waals surface area contributed by atoms with Gasteiger partial charge in [0.1, 0.15) is 5.82 Å². The van der Waals surface area contributed by atoms with Crippen molar-refractivity contribution in [1.29, 1.82) is 0 Å². The number of carbonyl (C=O) groups is 1. The van der Waals surface area contributed by atoms with Crippen molar-refractivity contribution >= 4 is 21.7 Å². The molecule has 0 bridgehead atoms. The molecule has 0 atom stereocenters. The van der Waals surface area contributed by atoms with Crippen molar-refractivity contribution in [2.75, 3.05) is 24.5 Å². The molecule has 1 fully saturated rings. The van der Waals surface area contributed by atoms with Gasteiger partial charge in [0.2, 0.25) is 15.9 Å². The first kappa shape index (κ1) is 23.0. The number of piperidine rings is 1. The molecule has 1 aromatic heterocycles. The molecule has 1 aromatic carbocycles. The summed E-state index contributed by atoms with van der Waals surface area (Å²) in [7, 11) is -3.73. The van der Waals surface area contributed by atoms with Gasteiger partial charge in [-0.3, -0.25) is 4.79 Å². The predicted octanol–water partition coefficient (Wildman–Crippen LogP) is 2.32. The number of rotatable bonds is 6. The summed E-state index contributed by atoms with van der Waals surface area (Å²) < 4.78 is 60.5. The minimum atomic E-state index is -4.42. The highest BCUT2D eigenvalue weighted by molar-refractivity contribution is 7.89. The van der Waals surface area contributed by atoms with Crippen molar-refractivity contribution in [2.24, 2.45) is 11.1 Å². The quantitative estimate of drug-likeness (QED) is 0.694. The number of anilines is 1. The molecule has 11 heteroatoms. The fourth-order valence-corrected chi connectivity index (χ4v) is 3.95. The van der Waals surface area contributed by atoms with E-state index in [0.29, 0.717) is 44.7 Å². The molecule has 7 nitrogen and oxygen atoms in total. The van der Waals surface area contributed by atoms with Gasteiger partial charge in [-0.05, 0) is 49.1 Å². The van der Waals surface area contributed by atoms with Gasteiger partial charge in [-0.2, -0.15) is 13.2 Å². The van der Waals surface area contributed by atoms with E-state index in [1.54, 1.807) is 12.1 Å². The Morgan fingerprint density at radius 2 is 1.77 bits per heavy atom.